The van der Waals surface area contributed by atoms with Gasteiger partial charge in [-0.3, -0.25) is 9.78 Å². The molecule has 0 spiro atoms. The summed E-state index contributed by atoms with van der Waals surface area (Å²) in [6.45, 7) is 0. The number of rotatable bonds is 5. The molecule has 0 aliphatic carbocycles. The minimum atomic E-state index is -0.912. The first-order chi connectivity index (χ1) is 16.9. The van der Waals surface area contributed by atoms with Crippen molar-refractivity contribution >= 4 is 11.6 Å². The Bertz CT molecular complexity index is 1330. The fourth-order valence-corrected chi connectivity index (χ4v) is 3.95. The van der Waals surface area contributed by atoms with Crippen LogP contribution in [0.25, 0.3) is 11.3 Å². The van der Waals surface area contributed by atoms with Gasteiger partial charge in [-0.15, -0.1) is 0 Å². The Balaban J connectivity index is 1.64. The lowest BCUT2D eigenvalue weighted by atomic mass is 9.95. The number of nitrogens with one attached hydrogen (secondary N) is 1. The first kappa shape index (κ1) is 23.9. The van der Waals surface area contributed by atoms with Crippen LogP contribution in [0.2, 0.25) is 0 Å². The molecule has 3 aromatic rings. The van der Waals surface area contributed by atoms with Crippen LogP contribution >= 0.6 is 0 Å². The molecule has 0 radical (unpaired) electrons. The summed E-state index contributed by atoms with van der Waals surface area (Å²) in [7, 11) is 0. The molecule has 35 heavy (non-hydrogen) atoms. The Labute approximate surface area is 199 Å². The number of nitriles is 2. The number of hydrogen-bond acceptors (Lipinski definition) is 7. The zero-order valence-corrected chi connectivity index (χ0v) is 18.3. The summed E-state index contributed by atoms with van der Waals surface area (Å²) >= 11 is 0. The molecule has 3 heterocycles. The van der Waals surface area contributed by atoms with Crippen LogP contribution in [0.3, 0.4) is 0 Å². The second-order valence-corrected chi connectivity index (χ2v) is 7.89. The third-order valence-electron chi connectivity index (χ3n) is 5.68. The fourth-order valence-electron chi connectivity index (χ4n) is 3.95. The topological polar surface area (TPSA) is 132 Å². The van der Waals surface area contributed by atoms with Gasteiger partial charge in [-0.2, -0.15) is 10.5 Å². The molecule has 1 amide bonds. The molecule has 10 heteroatoms. The van der Waals surface area contributed by atoms with Crippen molar-refractivity contribution in [2.24, 2.45) is 0 Å². The third kappa shape index (κ3) is 4.99. The summed E-state index contributed by atoms with van der Waals surface area (Å²) in [6, 6.07) is 11.3. The standard InChI is InChI=1S/C25H19F2N5O3/c26-16-2-1-3-17(27)23(16)24-14(12-29)4-5-18(31-24)25(34)32-19-13-30-11-9-15(19)21-7-6-20(33)22(35-21)8-10-28/h1-5,9,11,13,20-22,33H,6-8H2,(H,32,34)/t20-,21+,22+/m0/s1. The largest absolute Gasteiger partial charge is 0.390 e. The molecule has 1 aliphatic heterocycles. The summed E-state index contributed by atoms with van der Waals surface area (Å²) in [5.41, 5.74) is -0.134. The summed E-state index contributed by atoms with van der Waals surface area (Å²) in [5.74, 6) is -2.51. The van der Waals surface area contributed by atoms with E-state index in [1.165, 1.54) is 30.6 Å². The van der Waals surface area contributed by atoms with Crippen LogP contribution < -0.4 is 5.32 Å². The molecule has 176 valence electrons. The number of benzene rings is 1. The van der Waals surface area contributed by atoms with Gasteiger partial charge in [-0.05, 0) is 43.2 Å². The van der Waals surface area contributed by atoms with Crippen molar-refractivity contribution in [1.29, 1.82) is 10.5 Å². The van der Waals surface area contributed by atoms with Crippen LogP contribution in [0.15, 0.2) is 48.8 Å². The monoisotopic (exact) mass is 475 g/mol. The Morgan fingerprint density at radius 2 is 1.94 bits per heavy atom. The number of carbonyl (C=O) groups excluding carboxylic acids is 1. The van der Waals surface area contributed by atoms with E-state index in [0.29, 0.717) is 24.1 Å². The van der Waals surface area contributed by atoms with E-state index in [9.17, 15) is 23.9 Å². The Morgan fingerprint density at radius 1 is 1.17 bits per heavy atom. The van der Waals surface area contributed by atoms with E-state index in [-0.39, 0.29) is 23.4 Å². The van der Waals surface area contributed by atoms with Gasteiger partial charge in [0.05, 0.1) is 59.5 Å². The quantitative estimate of drug-likeness (QED) is 0.569. The van der Waals surface area contributed by atoms with Crippen LogP contribution in [-0.2, 0) is 4.74 Å². The van der Waals surface area contributed by atoms with E-state index in [1.807, 2.05) is 12.1 Å². The number of nitrogens with zero attached hydrogens (tertiary/aromatic N) is 4. The number of carbonyl (C=O) groups is 1. The molecule has 0 saturated carbocycles. The molecule has 2 N–H and O–H groups in total. The summed E-state index contributed by atoms with van der Waals surface area (Å²) in [4.78, 5) is 21.1. The SMILES string of the molecule is N#CC[C@H]1O[C@@H](c2ccncc2NC(=O)c2ccc(C#N)c(-c3c(F)cccc3F)n2)CC[C@@H]1O. The van der Waals surface area contributed by atoms with Gasteiger partial charge >= 0.3 is 0 Å². The molecular weight excluding hydrogens is 456 g/mol. The predicted molar refractivity (Wildman–Crippen MR) is 120 cm³/mol. The van der Waals surface area contributed by atoms with Crippen LogP contribution in [0.1, 0.15) is 47.0 Å². The van der Waals surface area contributed by atoms with Crippen molar-refractivity contribution in [3.63, 3.8) is 0 Å². The van der Waals surface area contributed by atoms with Crippen molar-refractivity contribution in [1.82, 2.24) is 9.97 Å². The van der Waals surface area contributed by atoms with Gasteiger partial charge in [0.1, 0.15) is 23.4 Å². The molecular formula is C25H19F2N5O3. The fraction of sp³-hybridized carbons (Fsp3) is 0.240. The zero-order chi connectivity index (χ0) is 24.9. The average Bonchev–Trinajstić information content (AvgIpc) is 2.86. The van der Waals surface area contributed by atoms with Crippen LogP contribution in [0.4, 0.5) is 14.5 Å². The molecule has 1 saturated heterocycles. The lowest BCUT2D eigenvalue weighted by molar-refractivity contribution is -0.116. The maximum atomic E-state index is 14.4. The van der Waals surface area contributed by atoms with Crippen molar-refractivity contribution in [3.8, 4) is 23.4 Å². The minimum Gasteiger partial charge on any atom is -0.390 e. The number of amides is 1. The Hall–Kier alpha value is -4.25. The lowest BCUT2D eigenvalue weighted by Crippen LogP contribution is -2.35. The van der Waals surface area contributed by atoms with E-state index in [4.69, 9.17) is 10.00 Å². The zero-order valence-electron chi connectivity index (χ0n) is 18.3. The molecule has 2 aromatic heterocycles. The Morgan fingerprint density at radius 3 is 2.66 bits per heavy atom. The normalized spacial score (nSPS) is 19.4. The molecule has 1 aromatic carbocycles. The van der Waals surface area contributed by atoms with Crippen LogP contribution in [-0.4, -0.2) is 33.2 Å². The van der Waals surface area contributed by atoms with E-state index in [2.05, 4.69) is 15.3 Å². The third-order valence-corrected chi connectivity index (χ3v) is 5.68. The molecule has 3 atom stereocenters. The smallest absolute Gasteiger partial charge is 0.274 e. The predicted octanol–water partition coefficient (Wildman–Crippen LogP) is 4.04. The van der Waals surface area contributed by atoms with Crippen molar-refractivity contribution in [3.05, 3.63) is 77.2 Å². The summed E-state index contributed by atoms with van der Waals surface area (Å²) in [5, 5.41) is 31.1. The number of aliphatic hydroxyl groups is 1. The molecule has 1 fully saturated rings. The van der Waals surface area contributed by atoms with Gasteiger partial charge in [0.2, 0.25) is 0 Å². The average molecular weight is 475 g/mol. The highest BCUT2D eigenvalue weighted by Gasteiger charge is 2.32. The second kappa shape index (κ2) is 10.3. The van der Waals surface area contributed by atoms with Gasteiger partial charge in [0.25, 0.3) is 5.91 Å². The molecule has 1 aliphatic rings. The van der Waals surface area contributed by atoms with Gasteiger partial charge in [0, 0.05) is 11.8 Å². The van der Waals surface area contributed by atoms with Crippen molar-refractivity contribution < 1.29 is 23.4 Å². The highest BCUT2D eigenvalue weighted by atomic mass is 19.1. The van der Waals surface area contributed by atoms with E-state index in [0.717, 1.165) is 12.1 Å². The maximum Gasteiger partial charge on any atom is 0.274 e. The van der Waals surface area contributed by atoms with Crippen LogP contribution in [0.5, 0.6) is 0 Å². The molecule has 4 rings (SSSR count). The first-order valence-corrected chi connectivity index (χ1v) is 10.7. The molecule has 8 nitrogen and oxygen atoms in total. The number of ether oxygens (including phenoxy) is 1. The minimum absolute atomic E-state index is 0.0228. The van der Waals surface area contributed by atoms with E-state index < -0.39 is 41.4 Å². The summed E-state index contributed by atoms with van der Waals surface area (Å²) in [6.07, 6.45) is 1.93. The van der Waals surface area contributed by atoms with E-state index in [1.54, 1.807) is 6.07 Å². The maximum absolute atomic E-state index is 14.4. The summed E-state index contributed by atoms with van der Waals surface area (Å²) < 4.78 is 34.6. The number of pyridine rings is 2. The Kier molecular flexibility index (Phi) is 7.06. The number of aliphatic hydroxyl groups excluding tert-OH is 1. The lowest BCUT2D eigenvalue weighted by Gasteiger charge is -2.33. The highest BCUT2D eigenvalue weighted by molar-refractivity contribution is 6.03. The van der Waals surface area contributed by atoms with Crippen molar-refractivity contribution in [2.45, 2.75) is 37.6 Å². The van der Waals surface area contributed by atoms with Crippen LogP contribution in [0, 0.1) is 34.3 Å². The first-order valence-electron chi connectivity index (χ1n) is 10.7. The number of halogens is 2. The van der Waals surface area contributed by atoms with Gasteiger partial charge in [-0.1, -0.05) is 6.07 Å². The van der Waals surface area contributed by atoms with Gasteiger partial charge < -0.3 is 15.2 Å². The highest BCUT2D eigenvalue weighted by Crippen LogP contribution is 2.36. The van der Waals surface area contributed by atoms with E-state index >= 15 is 0 Å². The molecule has 0 unspecified atom stereocenters. The molecule has 0 bridgehead atoms. The second-order valence-electron chi connectivity index (χ2n) is 7.89. The number of aromatic nitrogens is 2. The number of anilines is 1. The number of hydrogen-bond donors (Lipinski definition) is 2. The van der Waals surface area contributed by atoms with Crippen molar-refractivity contribution in [2.75, 3.05) is 5.32 Å². The van der Waals surface area contributed by atoms with Gasteiger partial charge in [-0.25, -0.2) is 13.8 Å². The van der Waals surface area contributed by atoms with Gasteiger partial charge in [0.15, 0.2) is 0 Å².